The number of hydrogen-bond acceptors (Lipinski definition) is 6. The summed E-state index contributed by atoms with van der Waals surface area (Å²) in [6.07, 6.45) is -4.51. The van der Waals surface area contributed by atoms with Crippen LogP contribution in [0.1, 0.15) is 6.42 Å². The summed E-state index contributed by atoms with van der Waals surface area (Å²) in [6.45, 7) is 1.04. The monoisotopic (exact) mass is 547 g/mol. The minimum Gasteiger partial charge on any atom is -0.497 e. The van der Waals surface area contributed by atoms with Gasteiger partial charge in [-0.1, -0.05) is 12.1 Å². The van der Waals surface area contributed by atoms with Crippen molar-refractivity contribution in [2.45, 2.75) is 23.0 Å². The molecule has 4 rings (SSSR count). The van der Waals surface area contributed by atoms with Gasteiger partial charge >= 0.3 is 12.1 Å². The zero-order valence-electron chi connectivity index (χ0n) is 19.9. The number of hydrogen-bond donors (Lipinski definition) is 1. The molecule has 2 saturated heterocycles. The number of carboxylic acid groups (broad SMARTS) is 1. The Labute approximate surface area is 210 Å². The van der Waals surface area contributed by atoms with E-state index in [2.05, 4.69) is 0 Å². The van der Waals surface area contributed by atoms with Crippen molar-refractivity contribution >= 4 is 27.6 Å². The molecule has 0 saturated carbocycles. The first-order valence-electron chi connectivity index (χ1n) is 10.9. The van der Waals surface area contributed by atoms with Crippen molar-refractivity contribution in [1.29, 1.82) is 0 Å². The van der Waals surface area contributed by atoms with Crippen molar-refractivity contribution in [3.63, 3.8) is 0 Å². The lowest BCUT2D eigenvalue weighted by Gasteiger charge is -2.46. The van der Waals surface area contributed by atoms with Crippen LogP contribution in [-0.4, -0.2) is 86.7 Å². The van der Waals surface area contributed by atoms with E-state index in [4.69, 9.17) is 14.6 Å². The van der Waals surface area contributed by atoms with Gasteiger partial charge in [0.2, 0.25) is 15.9 Å². The first-order chi connectivity index (χ1) is 17.2. The smallest absolute Gasteiger partial charge is 0.490 e. The number of nitrogens with zero attached hydrogens (tertiary/aromatic N) is 3. The number of alkyl halides is 3. The van der Waals surface area contributed by atoms with Crippen molar-refractivity contribution in [1.82, 2.24) is 9.21 Å². The van der Waals surface area contributed by atoms with E-state index in [0.29, 0.717) is 30.9 Å². The molecule has 2 aromatic carbocycles. The molecule has 14 heteroatoms. The van der Waals surface area contributed by atoms with E-state index < -0.39 is 33.5 Å². The first-order valence-corrected chi connectivity index (χ1v) is 12.4. The van der Waals surface area contributed by atoms with Gasteiger partial charge in [0.25, 0.3) is 0 Å². The Morgan fingerprint density at radius 2 is 1.76 bits per heavy atom. The van der Waals surface area contributed by atoms with E-state index >= 15 is 0 Å². The SMILES string of the molecule is COc1cccc(S(=O)(=O)N2CCC3(CN(c4cccc(F)c4)C(=O)CN3C)C2)c1.O=C(O)C(F)(F)F. The van der Waals surface area contributed by atoms with E-state index in [1.54, 1.807) is 35.2 Å². The molecule has 0 radical (unpaired) electrons. The Balaban J connectivity index is 0.000000479. The van der Waals surface area contributed by atoms with Gasteiger partial charge in [-0.3, -0.25) is 9.69 Å². The van der Waals surface area contributed by atoms with Crippen LogP contribution in [0.25, 0.3) is 0 Å². The maximum atomic E-state index is 13.7. The van der Waals surface area contributed by atoms with Crippen LogP contribution in [0, 0.1) is 5.82 Å². The van der Waals surface area contributed by atoms with Crippen LogP contribution in [-0.2, 0) is 19.6 Å². The van der Waals surface area contributed by atoms with Gasteiger partial charge < -0.3 is 14.7 Å². The summed E-state index contributed by atoms with van der Waals surface area (Å²) in [5.74, 6) is -2.83. The number of anilines is 1. The molecule has 2 heterocycles. The first kappa shape index (κ1) is 28.3. The number of amides is 1. The average Bonchev–Trinajstić information content (AvgIpc) is 3.27. The molecule has 1 spiro atoms. The number of ether oxygens (including phenoxy) is 1. The molecule has 37 heavy (non-hydrogen) atoms. The summed E-state index contributed by atoms with van der Waals surface area (Å²) < 4.78 is 78.5. The molecule has 2 aliphatic rings. The van der Waals surface area contributed by atoms with Gasteiger partial charge in [0.05, 0.1) is 24.1 Å². The van der Waals surface area contributed by atoms with Crippen molar-refractivity contribution in [3.05, 3.63) is 54.3 Å². The van der Waals surface area contributed by atoms with Crippen LogP contribution in [0.15, 0.2) is 53.4 Å². The Morgan fingerprint density at radius 3 is 2.35 bits per heavy atom. The molecule has 1 unspecified atom stereocenters. The zero-order valence-corrected chi connectivity index (χ0v) is 20.7. The highest BCUT2D eigenvalue weighted by Gasteiger charge is 2.50. The summed E-state index contributed by atoms with van der Waals surface area (Å²) in [4.78, 5) is 25.2. The number of likely N-dealkylation sites (N-methyl/N-ethyl adjacent to an activating group) is 1. The van der Waals surface area contributed by atoms with Gasteiger partial charge in [-0.25, -0.2) is 17.6 Å². The molecule has 0 bridgehead atoms. The van der Waals surface area contributed by atoms with Gasteiger partial charge in [-0.15, -0.1) is 0 Å². The van der Waals surface area contributed by atoms with Crippen molar-refractivity contribution in [3.8, 4) is 5.75 Å². The summed E-state index contributed by atoms with van der Waals surface area (Å²) in [6, 6.07) is 12.3. The topological polar surface area (TPSA) is 107 Å². The minimum absolute atomic E-state index is 0.136. The van der Waals surface area contributed by atoms with Crippen LogP contribution in [0.3, 0.4) is 0 Å². The van der Waals surface area contributed by atoms with Crippen LogP contribution in [0.2, 0.25) is 0 Å². The van der Waals surface area contributed by atoms with Crippen molar-refractivity contribution in [2.24, 2.45) is 0 Å². The fraction of sp³-hybridized carbons (Fsp3) is 0.391. The number of piperazine rings is 1. The number of rotatable bonds is 4. The van der Waals surface area contributed by atoms with Crippen LogP contribution in [0.4, 0.5) is 23.2 Å². The van der Waals surface area contributed by atoms with Gasteiger partial charge in [0.1, 0.15) is 11.6 Å². The molecule has 0 aromatic heterocycles. The maximum Gasteiger partial charge on any atom is 0.490 e. The quantitative estimate of drug-likeness (QED) is 0.587. The fourth-order valence-corrected chi connectivity index (χ4v) is 5.77. The largest absolute Gasteiger partial charge is 0.497 e. The van der Waals surface area contributed by atoms with Crippen molar-refractivity contribution in [2.75, 3.05) is 45.2 Å². The Bertz CT molecular complexity index is 1270. The number of aliphatic carboxylic acids is 1. The molecule has 1 amide bonds. The van der Waals surface area contributed by atoms with Gasteiger partial charge in [0.15, 0.2) is 0 Å². The second-order valence-corrected chi connectivity index (χ2v) is 10.5. The molecular formula is C23H25F4N3O6S. The highest BCUT2D eigenvalue weighted by atomic mass is 32.2. The van der Waals surface area contributed by atoms with Crippen LogP contribution < -0.4 is 9.64 Å². The lowest BCUT2D eigenvalue weighted by molar-refractivity contribution is -0.192. The molecule has 1 N–H and O–H groups in total. The fourth-order valence-electron chi connectivity index (χ4n) is 4.21. The minimum atomic E-state index is -5.08. The summed E-state index contributed by atoms with van der Waals surface area (Å²) in [7, 11) is -0.382. The number of benzene rings is 2. The standard InChI is InChI=1S/C21H24FN3O4S.C2HF3O2/c1-23-13-20(26)25(17-6-3-5-16(22)11-17)15-21(23)9-10-24(14-21)30(27,28)19-8-4-7-18(12-19)29-2;3-2(4,5)1(6)7/h3-8,11-12H,9-10,13-15H2,1-2H3;(H,6,7). The third kappa shape index (κ3) is 6.19. The number of sulfonamides is 1. The summed E-state index contributed by atoms with van der Waals surface area (Å²) in [5.41, 5.74) is -0.0480. The van der Waals surface area contributed by atoms with Crippen molar-refractivity contribution < 1.29 is 45.4 Å². The van der Waals surface area contributed by atoms with Crippen LogP contribution in [0.5, 0.6) is 5.75 Å². The molecule has 1 atom stereocenters. The Kier molecular flexibility index (Phi) is 8.15. The molecule has 0 aliphatic carbocycles. The number of carboxylic acids is 1. The third-order valence-electron chi connectivity index (χ3n) is 6.27. The second-order valence-electron chi connectivity index (χ2n) is 8.61. The van der Waals surface area contributed by atoms with E-state index in [1.165, 1.54) is 29.6 Å². The third-order valence-corrected chi connectivity index (χ3v) is 8.12. The highest BCUT2D eigenvalue weighted by Crippen LogP contribution is 2.36. The second kappa shape index (κ2) is 10.6. The molecule has 2 fully saturated rings. The van der Waals surface area contributed by atoms with Gasteiger partial charge in [-0.05, 0) is 43.8 Å². The van der Waals surface area contributed by atoms with E-state index in [9.17, 15) is 30.8 Å². The lowest BCUT2D eigenvalue weighted by atomic mass is 9.92. The lowest BCUT2D eigenvalue weighted by Crippen LogP contribution is -2.64. The Morgan fingerprint density at radius 1 is 1.11 bits per heavy atom. The highest BCUT2D eigenvalue weighted by molar-refractivity contribution is 7.89. The number of methoxy groups -OCH3 is 1. The number of halogens is 4. The molecular weight excluding hydrogens is 522 g/mol. The predicted octanol–water partition coefficient (Wildman–Crippen LogP) is 2.58. The van der Waals surface area contributed by atoms with Crippen LogP contribution >= 0.6 is 0 Å². The Hall–Kier alpha value is -3.23. The number of carbonyl (C=O) groups is 2. The van der Waals surface area contributed by atoms with E-state index in [-0.39, 0.29) is 23.9 Å². The normalized spacial score (nSPS) is 21.0. The molecule has 202 valence electrons. The zero-order chi connectivity index (χ0) is 27.6. The maximum absolute atomic E-state index is 13.7. The van der Waals surface area contributed by atoms with Gasteiger partial charge in [0, 0.05) is 31.4 Å². The summed E-state index contributed by atoms with van der Waals surface area (Å²) >= 11 is 0. The predicted molar refractivity (Wildman–Crippen MR) is 124 cm³/mol. The average molecular weight is 548 g/mol. The van der Waals surface area contributed by atoms with E-state index in [1.807, 2.05) is 11.9 Å². The molecule has 2 aliphatic heterocycles. The summed E-state index contributed by atoms with van der Waals surface area (Å²) in [5, 5.41) is 7.12. The molecule has 9 nitrogen and oxygen atoms in total. The van der Waals surface area contributed by atoms with Gasteiger partial charge in [-0.2, -0.15) is 17.5 Å². The molecule has 2 aromatic rings. The number of carbonyl (C=O) groups excluding carboxylic acids is 1. The van der Waals surface area contributed by atoms with E-state index in [0.717, 1.165) is 0 Å².